The number of oxazole rings is 1. The van der Waals surface area contributed by atoms with Gasteiger partial charge in [-0.05, 0) is 48.5 Å². The molecule has 0 saturated heterocycles. The summed E-state index contributed by atoms with van der Waals surface area (Å²) in [4.78, 5) is 19.8. The Hall–Kier alpha value is -6.60. The van der Waals surface area contributed by atoms with Crippen molar-refractivity contribution in [1.82, 2.24) is 19.9 Å². The average molecular weight is 607 g/mol. The van der Waals surface area contributed by atoms with Crippen molar-refractivity contribution in [3.8, 4) is 45.6 Å². The molecule has 10 aromatic rings. The Balaban J connectivity index is 1.19. The number of hydrogen-bond donors (Lipinski definition) is 0. The van der Waals surface area contributed by atoms with Crippen LogP contribution in [0.25, 0.3) is 101 Å². The average Bonchev–Trinajstić information content (AvgIpc) is 3.84. The summed E-state index contributed by atoms with van der Waals surface area (Å²) in [5.41, 5.74) is 7.93. The largest absolute Gasteiger partial charge is 0.456 e. The topological polar surface area (TPSA) is 91.0 Å². The van der Waals surface area contributed by atoms with E-state index in [4.69, 9.17) is 28.2 Å². The summed E-state index contributed by atoms with van der Waals surface area (Å²) < 4.78 is 18.8. The van der Waals surface area contributed by atoms with E-state index < -0.39 is 0 Å². The highest BCUT2D eigenvalue weighted by molar-refractivity contribution is 6.13. The fraction of sp³-hybridized carbons (Fsp3) is 0. The predicted octanol–water partition coefficient (Wildman–Crippen LogP) is 10.5. The molecule has 0 unspecified atom stereocenters. The van der Waals surface area contributed by atoms with Gasteiger partial charge in [0, 0.05) is 38.2 Å². The minimum atomic E-state index is 0.529. The molecule has 0 fully saturated rings. The molecule has 220 valence electrons. The van der Waals surface area contributed by atoms with Crippen molar-refractivity contribution in [2.24, 2.45) is 0 Å². The predicted molar refractivity (Wildman–Crippen MR) is 184 cm³/mol. The lowest BCUT2D eigenvalue weighted by Gasteiger charge is -2.09. The number of fused-ring (bicyclic) bond motifs is 7. The molecule has 47 heavy (non-hydrogen) atoms. The van der Waals surface area contributed by atoms with Crippen LogP contribution in [-0.4, -0.2) is 19.9 Å². The zero-order valence-corrected chi connectivity index (χ0v) is 24.7. The van der Waals surface area contributed by atoms with Crippen LogP contribution in [0.5, 0.6) is 0 Å². The molecule has 0 aliphatic carbocycles. The molecule has 0 spiro atoms. The molecule has 0 aliphatic rings. The van der Waals surface area contributed by atoms with Gasteiger partial charge in [0.1, 0.15) is 27.8 Å². The van der Waals surface area contributed by atoms with Crippen LogP contribution in [0.3, 0.4) is 0 Å². The van der Waals surface area contributed by atoms with Crippen molar-refractivity contribution in [1.29, 1.82) is 0 Å². The molecule has 0 bridgehead atoms. The number of hydrogen-bond acceptors (Lipinski definition) is 7. The first-order chi connectivity index (χ1) is 23.3. The van der Waals surface area contributed by atoms with E-state index in [1.807, 2.05) is 121 Å². The van der Waals surface area contributed by atoms with E-state index in [9.17, 15) is 0 Å². The molecule has 0 N–H and O–H groups in total. The van der Waals surface area contributed by atoms with Gasteiger partial charge in [0.15, 0.2) is 23.1 Å². The van der Waals surface area contributed by atoms with Crippen LogP contribution in [-0.2, 0) is 0 Å². The molecule has 4 heterocycles. The standard InChI is InChI=1S/C40H22N4O3/c1-2-10-23(11-3-1)37-42-38(44-39(43-37)29-15-8-13-26-25-12-4-6-17-31(25)46-36(26)29)28-14-9-19-33-35(28)27-21-20-24(22-34(27)45-33)40-41-30-16-5-7-18-32(30)47-40/h1-22H. The second-order valence-electron chi connectivity index (χ2n) is 11.4. The first kappa shape index (κ1) is 25.7. The minimum absolute atomic E-state index is 0.529. The summed E-state index contributed by atoms with van der Waals surface area (Å²) in [6.45, 7) is 0. The van der Waals surface area contributed by atoms with Gasteiger partial charge in [0.05, 0.1) is 5.56 Å². The maximum atomic E-state index is 6.42. The van der Waals surface area contributed by atoms with Crippen LogP contribution in [0.1, 0.15) is 0 Å². The van der Waals surface area contributed by atoms with E-state index in [0.717, 1.165) is 77.2 Å². The number of rotatable bonds is 4. The van der Waals surface area contributed by atoms with Crippen LogP contribution in [0.15, 0.2) is 147 Å². The zero-order chi connectivity index (χ0) is 30.9. The third kappa shape index (κ3) is 4.07. The van der Waals surface area contributed by atoms with Crippen LogP contribution in [0.4, 0.5) is 0 Å². The van der Waals surface area contributed by atoms with Gasteiger partial charge < -0.3 is 13.3 Å². The number of nitrogens with zero attached hydrogens (tertiary/aromatic N) is 4. The summed E-state index contributed by atoms with van der Waals surface area (Å²) in [6, 6.07) is 43.8. The van der Waals surface area contributed by atoms with Crippen molar-refractivity contribution in [3.05, 3.63) is 133 Å². The van der Waals surface area contributed by atoms with Gasteiger partial charge in [-0.25, -0.2) is 19.9 Å². The number of furan rings is 2. The van der Waals surface area contributed by atoms with Gasteiger partial charge in [-0.3, -0.25) is 0 Å². The highest BCUT2D eigenvalue weighted by Crippen LogP contribution is 2.40. The molecule has 0 saturated carbocycles. The van der Waals surface area contributed by atoms with Crippen LogP contribution in [0.2, 0.25) is 0 Å². The number of benzene rings is 6. The Morgan fingerprint density at radius 2 is 1.09 bits per heavy atom. The fourth-order valence-electron chi connectivity index (χ4n) is 6.40. The van der Waals surface area contributed by atoms with Crippen LogP contribution in [0, 0.1) is 0 Å². The van der Waals surface area contributed by atoms with Crippen molar-refractivity contribution in [3.63, 3.8) is 0 Å². The summed E-state index contributed by atoms with van der Waals surface area (Å²) in [7, 11) is 0. The monoisotopic (exact) mass is 606 g/mol. The summed E-state index contributed by atoms with van der Waals surface area (Å²) >= 11 is 0. The van der Waals surface area contributed by atoms with E-state index in [2.05, 4.69) is 17.1 Å². The van der Waals surface area contributed by atoms with E-state index >= 15 is 0 Å². The Bertz CT molecular complexity index is 2780. The third-order valence-electron chi connectivity index (χ3n) is 8.59. The molecule has 7 heteroatoms. The van der Waals surface area contributed by atoms with E-state index in [0.29, 0.717) is 23.4 Å². The Labute approximate surface area is 266 Å². The highest BCUT2D eigenvalue weighted by Gasteiger charge is 2.21. The smallest absolute Gasteiger partial charge is 0.227 e. The molecule has 0 atom stereocenters. The van der Waals surface area contributed by atoms with Crippen LogP contribution >= 0.6 is 0 Å². The lowest BCUT2D eigenvalue weighted by Crippen LogP contribution is -2.00. The molecule has 0 amide bonds. The lowest BCUT2D eigenvalue weighted by molar-refractivity contribution is 0.619. The highest BCUT2D eigenvalue weighted by atomic mass is 16.4. The van der Waals surface area contributed by atoms with Gasteiger partial charge in [-0.15, -0.1) is 0 Å². The minimum Gasteiger partial charge on any atom is -0.456 e. The van der Waals surface area contributed by atoms with Crippen molar-refractivity contribution in [2.45, 2.75) is 0 Å². The van der Waals surface area contributed by atoms with E-state index in [-0.39, 0.29) is 0 Å². The maximum Gasteiger partial charge on any atom is 0.227 e. The second-order valence-corrected chi connectivity index (χ2v) is 11.4. The van der Waals surface area contributed by atoms with Crippen molar-refractivity contribution in [2.75, 3.05) is 0 Å². The maximum absolute atomic E-state index is 6.42. The third-order valence-corrected chi connectivity index (χ3v) is 8.59. The van der Waals surface area contributed by atoms with Crippen molar-refractivity contribution < 1.29 is 13.3 Å². The first-order valence-corrected chi connectivity index (χ1v) is 15.3. The molecule has 4 aromatic heterocycles. The van der Waals surface area contributed by atoms with Crippen molar-refractivity contribution >= 4 is 55.0 Å². The number of aromatic nitrogens is 4. The normalized spacial score (nSPS) is 11.8. The molecule has 10 rings (SSSR count). The zero-order valence-electron chi connectivity index (χ0n) is 24.7. The van der Waals surface area contributed by atoms with Gasteiger partial charge in [-0.1, -0.05) is 84.9 Å². The molecule has 0 aliphatic heterocycles. The quantitative estimate of drug-likeness (QED) is 0.197. The molecule has 6 aromatic carbocycles. The summed E-state index contributed by atoms with van der Waals surface area (Å²) in [5.74, 6) is 2.18. The van der Waals surface area contributed by atoms with Gasteiger partial charge in [-0.2, -0.15) is 0 Å². The van der Waals surface area contributed by atoms with Crippen LogP contribution < -0.4 is 0 Å². The molecular weight excluding hydrogens is 584 g/mol. The molecular formula is C40H22N4O3. The second kappa shape index (κ2) is 9.95. The Kier molecular flexibility index (Phi) is 5.44. The van der Waals surface area contributed by atoms with E-state index in [1.165, 1.54) is 0 Å². The van der Waals surface area contributed by atoms with E-state index in [1.54, 1.807) is 0 Å². The van der Waals surface area contributed by atoms with Gasteiger partial charge in [0.25, 0.3) is 0 Å². The Morgan fingerprint density at radius 3 is 1.98 bits per heavy atom. The molecule has 0 radical (unpaired) electrons. The lowest BCUT2D eigenvalue weighted by atomic mass is 10.0. The number of para-hydroxylation sites is 4. The molecule has 7 nitrogen and oxygen atoms in total. The van der Waals surface area contributed by atoms with Gasteiger partial charge >= 0.3 is 0 Å². The first-order valence-electron chi connectivity index (χ1n) is 15.3. The SMILES string of the molecule is c1ccc(-c2nc(-c3cccc4c3oc3ccccc34)nc(-c3cccc4oc5cc(-c6nc7ccccc7o6)ccc5c34)n2)cc1. The summed E-state index contributed by atoms with van der Waals surface area (Å²) in [5, 5.41) is 3.93. The fourth-order valence-corrected chi connectivity index (χ4v) is 6.40. The Morgan fingerprint density at radius 1 is 0.383 bits per heavy atom. The van der Waals surface area contributed by atoms with Gasteiger partial charge in [0.2, 0.25) is 5.89 Å². The summed E-state index contributed by atoms with van der Waals surface area (Å²) in [6.07, 6.45) is 0.